The molecule has 3 rings (SSSR count). The van der Waals surface area contributed by atoms with Gasteiger partial charge in [0, 0.05) is 45.0 Å². The topological polar surface area (TPSA) is 49.3 Å². The molecule has 0 unspecified atom stereocenters. The van der Waals surface area contributed by atoms with Gasteiger partial charge in [-0.15, -0.1) is 0 Å². The third kappa shape index (κ3) is 3.08. The molecule has 1 aromatic heterocycles. The molecule has 1 aliphatic carbocycles. The zero-order valence-corrected chi connectivity index (χ0v) is 11.9. The molecule has 108 valence electrons. The molecule has 1 saturated carbocycles. The minimum Gasteiger partial charge on any atom is -0.339 e. The van der Waals surface area contributed by atoms with Crippen molar-refractivity contribution >= 4 is 11.9 Å². The Hall–Kier alpha value is -1.65. The van der Waals surface area contributed by atoms with E-state index in [1.807, 2.05) is 11.0 Å². The Labute approximate surface area is 120 Å². The molecule has 2 fully saturated rings. The first-order valence-corrected chi connectivity index (χ1v) is 7.62. The highest BCUT2D eigenvalue weighted by Crippen LogP contribution is 2.28. The molecule has 2 heterocycles. The predicted molar refractivity (Wildman–Crippen MR) is 77.4 cm³/mol. The van der Waals surface area contributed by atoms with Crippen molar-refractivity contribution in [1.29, 1.82) is 0 Å². The van der Waals surface area contributed by atoms with E-state index in [0.717, 1.165) is 38.5 Å². The van der Waals surface area contributed by atoms with E-state index in [2.05, 4.69) is 14.9 Å². The van der Waals surface area contributed by atoms with Crippen LogP contribution in [0.3, 0.4) is 0 Å². The van der Waals surface area contributed by atoms with Crippen molar-refractivity contribution < 1.29 is 4.79 Å². The molecule has 1 aliphatic heterocycles. The maximum atomic E-state index is 12.3. The number of rotatable bonds is 3. The minimum absolute atomic E-state index is 0.338. The molecule has 0 atom stereocenters. The van der Waals surface area contributed by atoms with Gasteiger partial charge in [-0.05, 0) is 24.8 Å². The van der Waals surface area contributed by atoms with Crippen LogP contribution < -0.4 is 4.90 Å². The molecule has 0 N–H and O–H groups in total. The molecule has 0 bridgehead atoms. The van der Waals surface area contributed by atoms with Crippen molar-refractivity contribution in [2.75, 3.05) is 31.1 Å². The summed E-state index contributed by atoms with van der Waals surface area (Å²) < 4.78 is 0. The summed E-state index contributed by atoms with van der Waals surface area (Å²) in [6.07, 6.45) is 9.36. The fourth-order valence-corrected chi connectivity index (χ4v) is 3.20. The number of hydrogen-bond acceptors (Lipinski definition) is 4. The van der Waals surface area contributed by atoms with Gasteiger partial charge in [0.25, 0.3) is 0 Å². The largest absolute Gasteiger partial charge is 0.339 e. The number of carbonyl (C=O) groups is 1. The van der Waals surface area contributed by atoms with E-state index in [0.29, 0.717) is 11.8 Å². The van der Waals surface area contributed by atoms with Gasteiger partial charge >= 0.3 is 0 Å². The van der Waals surface area contributed by atoms with Gasteiger partial charge in [-0.1, -0.05) is 12.8 Å². The lowest BCUT2D eigenvalue weighted by Gasteiger charge is -2.35. The highest BCUT2D eigenvalue weighted by molar-refractivity contribution is 5.76. The van der Waals surface area contributed by atoms with Crippen LogP contribution in [0, 0.1) is 5.92 Å². The van der Waals surface area contributed by atoms with Crippen LogP contribution in [0.5, 0.6) is 0 Å². The standard InChI is InChI=1S/C15H22N4O/c20-14(12-13-4-1-2-5-13)18-8-10-19(11-9-18)15-16-6-3-7-17-15/h3,6-7,13H,1-2,4-5,8-12H2. The van der Waals surface area contributed by atoms with Crippen molar-refractivity contribution in [3.8, 4) is 0 Å². The molecule has 1 amide bonds. The second-order valence-electron chi connectivity index (χ2n) is 5.77. The number of anilines is 1. The quantitative estimate of drug-likeness (QED) is 0.842. The lowest BCUT2D eigenvalue weighted by atomic mass is 10.0. The summed E-state index contributed by atoms with van der Waals surface area (Å²) in [5.41, 5.74) is 0. The van der Waals surface area contributed by atoms with Gasteiger partial charge in [-0.25, -0.2) is 9.97 Å². The molecule has 1 saturated heterocycles. The smallest absolute Gasteiger partial charge is 0.225 e. The fourth-order valence-electron chi connectivity index (χ4n) is 3.20. The zero-order valence-electron chi connectivity index (χ0n) is 11.9. The van der Waals surface area contributed by atoms with E-state index in [-0.39, 0.29) is 0 Å². The number of aromatic nitrogens is 2. The average Bonchev–Trinajstić information content (AvgIpc) is 3.01. The number of carbonyl (C=O) groups excluding carboxylic acids is 1. The summed E-state index contributed by atoms with van der Waals surface area (Å²) in [4.78, 5) is 25.0. The van der Waals surface area contributed by atoms with Gasteiger partial charge in [0.15, 0.2) is 0 Å². The van der Waals surface area contributed by atoms with Gasteiger partial charge in [0.05, 0.1) is 0 Å². The SMILES string of the molecule is O=C(CC1CCCC1)N1CCN(c2ncccn2)CC1. The van der Waals surface area contributed by atoms with Crippen molar-refractivity contribution in [3.05, 3.63) is 18.5 Å². The van der Waals surface area contributed by atoms with E-state index in [1.165, 1.54) is 25.7 Å². The normalized spacial score (nSPS) is 20.4. The molecular weight excluding hydrogens is 252 g/mol. The number of piperazine rings is 1. The van der Waals surface area contributed by atoms with Crippen LogP contribution in [0.4, 0.5) is 5.95 Å². The maximum absolute atomic E-state index is 12.3. The highest BCUT2D eigenvalue weighted by atomic mass is 16.2. The van der Waals surface area contributed by atoms with E-state index in [1.54, 1.807) is 12.4 Å². The molecule has 20 heavy (non-hydrogen) atoms. The first-order valence-electron chi connectivity index (χ1n) is 7.62. The lowest BCUT2D eigenvalue weighted by molar-refractivity contribution is -0.132. The van der Waals surface area contributed by atoms with Crippen LogP contribution in [-0.2, 0) is 4.79 Å². The molecule has 0 spiro atoms. The number of hydrogen-bond donors (Lipinski definition) is 0. The Morgan fingerprint density at radius 1 is 1.10 bits per heavy atom. The Kier molecular flexibility index (Phi) is 4.14. The summed E-state index contributed by atoms with van der Waals surface area (Å²) in [6.45, 7) is 3.26. The molecular formula is C15H22N4O. The highest BCUT2D eigenvalue weighted by Gasteiger charge is 2.25. The minimum atomic E-state index is 0.338. The molecule has 1 aromatic rings. The Morgan fingerprint density at radius 3 is 2.40 bits per heavy atom. The van der Waals surface area contributed by atoms with E-state index in [4.69, 9.17) is 0 Å². The first kappa shape index (κ1) is 13.3. The third-order valence-corrected chi connectivity index (χ3v) is 4.41. The van der Waals surface area contributed by atoms with Crippen molar-refractivity contribution in [2.24, 2.45) is 5.92 Å². The molecule has 5 nitrogen and oxygen atoms in total. The maximum Gasteiger partial charge on any atom is 0.225 e. The van der Waals surface area contributed by atoms with Gasteiger partial charge < -0.3 is 9.80 Å². The van der Waals surface area contributed by atoms with E-state index < -0.39 is 0 Å². The van der Waals surface area contributed by atoms with Crippen LogP contribution in [0.2, 0.25) is 0 Å². The molecule has 5 heteroatoms. The van der Waals surface area contributed by atoms with E-state index in [9.17, 15) is 4.79 Å². The van der Waals surface area contributed by atoms with Gasteiger partial charge in [0.2, 0.25) is 11.9 Å². The Bertz CT molecular complexity index is 436. The molecule has 2 aliphatic rings. The second kappa shape index (κ2) is 6.20. The Balaban J connectivity index is 1.49. The van der Waals surface area contributed by atoms with Crippen LogP contribution >= 0.6 is 0 Å². The lowest BCUT2D eigenvalue weighted by Crippen LogP contribution is -2.49. The van der Waals surface area contributed by atoms with Gasteiger partial charge in [-0.2, -0.15) is 0 Å². The second-order valence-corrected chi connectivity index (χ2v) is 5.77. The summed E-state index contributed by atoms with van der Waals surface area (Å²) in [5.74, 6) is 1.75. The summed E-state index contributed by atoms with van der Waals surface area (Å²) in [5, 5.41) is 0. The fraction of sp³-hybridized carbons (Fsp3) is 0.667. The predicted octanol–water partition coefficient (Wildman–Crippen LogP) is 1.71. The summed E-state index contributed by atoms with van der Waals surface area (Å²) in [7, 11) is 0. The zero-order chi connectivity index (χ0) is 13.8. The summed E-state index contributed by atoms with van der Waals surface area (Å²) in [6, 6.07) is 1.82. The van der Waals surface area contributed by atoms with Gasteiger partial charge in [-0.3, -0.25) is 4.79 Å². The number of amides is 1. The van der Waals surface area contributed by atoms with Crippen LogP contribution in [-0.4, -0.2) is 47.0 Å². The summed E-state index contributed by atoms with van der Waals surface area (Å²) >= 11 is 0. The Morgan fingerprint density at radius 2 is 1.75 bits per heavy atom. The van der Waals surface area contributed by atoms with Crippen LogP contribution in [0.15, 0.2) is 18.5 Å². The van der Waals surface area contributed by atoms with Crippen molar-refractivity contribution in [3.63, 3.8) is 0 Å². The first-order chi connectivity index (χ1) is 9.83. The van der Waals surface area contributed by atoms with Gasteiger partial charge in [0.1, 0.15) is 0 Å². The van der Waals surface area contributed by atoms with Crippen molar-refractivity contribution in [1.82, 2.24) is 14.9 Å². The third-order valence-electron chi connectivity index (χ3n) is 4.41. The van der Waals surface area contributed by atoms with Crippen LogP contribution in [0.25, 0.3) is 0 Å². The number of nitrogens with zero attached hydrogens (tertiary/aromatic N) is 4. The average molecular weight is 274 g/mol. The van der Waals surface area contributed by atoms with Crippen LogP contribution in [0.1, 0.15) is 32.1 Å². The molecule has 0 radical (unpaired) electrons. The molecule has 0 aromatic carbocycles. The van der Waals surface area contributed by atoms with Crippen molar-refractivity contribution in [2.45, 2.75) is 32.1 Å². The monoisotopic (exact) mass is 274 g/mol. The van der Waals surface area contributed by atoms with E-state index >= 15 is 0 Å².